The highest BCUT2D eigenvalue weighted by Crippen LogP contribution is 2.23. The molecule has 2 aromatic heterocycles. The number of aromatic nitrogens is 3. The van der Waals surface area contributed by atoms with E-state index in [9.17, 15) is 0 Å². The Morgan fingerprint density at radius 3 is 2.63 bits per heavy atom. The first-order valence-electron chi connectivity index (χ1n) is 9.09. The Hall–Kier alpha value is -3.40. The van der Waals surface area contributed by atoms with Crippen LogP contribution in [0.3, 0.4) is 0 Å². The molecule has 4 rings (SSSR count). The summed E-state index contributed by atoms with van der Waals surface area (Å²) in [6.07, 6.45) is 7.00. The molecule has 0 bridgehead atoms. The maximum Gasteiger partial charge on any atom is 0.193 e. The predicted octanol–water partition coefficient (Wildman–Crippen LogP) is 4.60. The monoisotopic (exact) mass is 512 g/mol. The van der Waals surface area contributed by atoms with Gasteiger partial charge >= 0.3 is 0 Å². The van der Waals surface area contributed by atoms with E-state index in [1.165, 1.54) is 0 Å². The Kier molecular flexibility index (Phi) is 7.39. The second-order valence-electron chi connectivity index (χ2n) is 6.26. The lowest BCUT2D eigenvalue weighted by atomic mass is 10.2. The minimum absolute atomic E-state index is 0. The van der Waals surface area contributed by atoms with Crippen molar-refractivity contribution in [2.75, 3.05) is 5.32 Å². The number of imidazole rings is 1. The zero-order valence-electron chi connectivity index (χ0n) is 16.1. The summed E-state index contributed by atoms with van der Waals surface area (Å²) in [7, 11) is 0. The molecule has 0 aliphatic carbocycles. The number of pyridine rings is 1. The highest BCUT2D eigenvalue weighted by atomic mass is 127. The van der Waals surface area contributed by atoms with E-state index in [-0.39, 0.29) is 24.0 Å². The number of ether oxygens (including phenoxy) is 1. The number of hydrogen-bond acceptors (Lipinski definition) is 4. The minimum atomic E-state index is 0. The van der Waals surface area contributed by atoms with E-state index in [1.54, 1.807) is 18.7 Å². The Morgan fingerprint density at radius 1 is 1.00 bits per heavy atom. The Balaban J connectivity index is 0.00000256. The van der Waals surface area contributed by atoms with E-state index in [4.69, 9.17) is 10.5 Å². The number of nitrogens with zero attached hydrogens (tertiary/aromatic N) is 4. The Labute approximate surface area is 191 Å². The van der Waals surface area contributed by atoms with Gasteiger partial charge in [0.05, 0.1) is 6.54 Å². The van der Waals surface area contributed by atoms with Gasteiger partial charge in [-0.05, 0) is 42.0 Å². The van der Waals surface area contributed by atoms with Crippen molar-refractivity contribution in [3.05, 3.63) is 97.2 Å². The van der Waals surface area contributed by atoms with Gasteiger partial charge < -0.3 is 15.8 Å². The van der Waals surface area contributed by atoms with Crippen LogP contribution in [0.4, 0.5) is 5.69 Å². The Morgan fingerprint density at radius 2 is 1.83 bits per heavy atom. The van der Waals surface area contributed by atoms with Crippen molar-refractivity contribution in [1.29, 1.82) is 0 Å². The van der Waals surface area contributed by atoms with Gasteiger partial charge in [0, 0.05) is 30.3 Å². The molecule has 0 saturated heterocycles. The summed E-state index contributed by atoms with van der Waals surface area (Å²) in [5.74, 6) is 2.60. The van der Waals surface area contributed by atoms with Crippen LogP contribution < -0.4 is 15.8 Å². The molecule has 30 heavy (non-hydrogen) atoms. The third-order valence-corrected chi connectivity index (χ3v) is 4.10. The van der Waals surface area contributed by atoms with Crippen molar-refractivity contribution >= 4 is 35.6 Å². The zero-order chi connectivity index (χ0) is 19.9. The lowest BCUT2D eigenvalue weighted by Crippen LogP contribution is -2.22. The summed E-state index contributed by atoms with van der Waals surface area (Å²) < 4.78 is 7.68. The average Bonchev–Trinajstić information content (AvgIpc) is 3.29. The number of aliphatic imine (C=N–C) groups is 1. The van der Waals surface area contributed by atoms with Gasteiger partial charge in [0.25, 0.3) is 0 Å². The summed E-state index contributed by atoms with van der Waals surface area (Å²) >= 11 is 0. The van der Waals surface area contributed by atoms with Crippen LogP contribution in [0.5, 0.6) is 11.5 Å². The molecular formula is C22H21IN6O. The standard InChI is InChI=1S/C22H20N6O.HI/c23-22(26-15-17-9-10-25-21(13-17)28-12-11-24-16-28)27-18-5-4-8-20(14-18)29-19-6-2-1-3-7-19;/h1-14,16H,15H2,(H3,23,26,27);1H. The maximum atomic E-state index is 6.06. The fourth-order valence-electron chi connectivity index (χ4n) is 2.72. The van der Waals surface area contributed by atoms with Crippen LogP contribution in [-0.4, -0.2) is 20.5 Å². The van der Waals surface area contributed by atoms with Crippen LogP contribution in [0, 0.1) is 0 Å². The highest BCUT2D eigenvalue weighted by Gasteiger charge is 2.02. The van der Waals surface area contributed by atoms with Crippen LogP contribution in [0.2, 0.25) is 0 Å². The van der Waals surface area contributed by atoms with Gasteiger partial charge in [-0.2, -0.15) is 0 Å². The number of benzene rings is 2. The molecule has 152 valence electrons. The molecule has 0 aliphatic heterocycles. The van der Waals surface area contributed by atoms with Crippen LogP contribution in [0.25, 0.3) is 5.82 Å². The molecule has 0 radical (unpaired) electrons. The van der Waals surface area contributed by atoms with Crippen molar-refractivity contribution in [3.8, 4) is 17.3 Å². The van der Waals surface area contributed by atoms with E-state index in [0.29, 0.717) is 18.3 Å². The first-order chi connectivity index (χ1) is 14.3. The normalized spacial score (nSPS) is 10.9. The summed E-state index contributed by atoms with van der Waals surface area (Å²) in [6, 6.07) is 21.0. The van der Waals surface area contributed by atoms with Crippen molar-refractivity contribution in [1.82, 2.24) is 14.5 Å². The van der Waals surface area contributed by atoms with Crippen molar-refractivity contribution in [2.45, 2.75) is 6.54 Å². The van der Waals surface area contributed by atoms with Crippen molar-refractivity contribution in [2.24, 2.45) is 10.7 Å². The SMILES string of the molecule is I.NC(=NCc1ccnc(-n2ccnc2)c1)Nc1cccc(Oc2ccccc2)c1. The molecule has 0 fully saturated rings. The van der Waals surface area contributed by atoms with Gasteiger partial charge in [-0.15, -0.1) is 24.0 Å². The summed E-state index contributed by atoms with van der Waals surface area (Å²) in [5.41, 5.74) is 7.85. The van der Waals surface area contributed by atoms with Gasteiger partial charge in [0.2, 0.25) is 0 Å². The second kappa shape index (κ2) is 10.4. The fraction of sp³-hybridized carbons (Fsp3) is 0.0455. The van der Waals surface area contributed by atoms with Crippen LogP contribution in [0.1, 0.15) is 5.56 Å². The van der Waals surface area contributed by atoms with Crippen LogP contribution in [-0.2, 0) is 6.54 Å². The molecule has 0 unspecified atom stereocenters. The quantitative estimate of drug-likeness (QED) is 0.224. The average molecular weight is 512 g/mol. The summed E-state index contributed by atoms with van der Waals surface area (Å²) in [4.78, 5) is 12.8. The van der Waals surface area contributed by atoms with Gasteiger partial charge in [-0.25, -0.2) is 15.0 Å². The van der Waals surface area contributed by atoms with Gasteiger partial charge in [-0.1, -0.05) is 24.3 Å². The second-order valence-corrected chi connectivity index (χ2v) is 6.26. The molecule has 0 amide bonds. The topological polar surface area (TPSA) is 90.4 Å². The van der Waals surface area contributed by atoms with E-state index < -0.39 is 0 Å². The number of halogens is 1. The van der Waals surface area contributed by atoms with E-state index >= 15 is 0 Å². The van der Waals surface area contributed by atoms with Crippen LogP contribution in [0.15, 0.2) is 96.6 Å². The van der Waals surface area contributed by atoms with E-state index in [0.717, 1.165) is 22.8 Å². The van der Waals surface area contributed by atoms with E-state index in [1.807, 2.05) is 77.5 Å². The fourth-order valence-corrected chi connectivity index (χ4v) is 2.72. The number of guanidine groups is 1. The number of hydrogen-bond donors (Lipinski definition) is 2. The molecule has 0 saturated carbocycles. The first kappa shape index (κ1) is 21.3. The first-order valence-corrected chi connectivity index (χ1v) is 9.09. The smallest absolute Gasteiger partial charge is 0.193 e. The number of anilines is 1. The lowest BCUT2D eigenvalue weighted by molar-refractivity contribution is 0.483. The maximum absolute atomic E-state index is 6.06. The molecule has 8 heteroatoms. The molecule has 2 heterocycles. The van der Waals surface area contributed by atoms with Crippen molar-refractivity contribution in [3.63, 3.8) is 0 Å². The van der Waals surface area contributed by atoms with Gasteiger partial charge in [-0.3, -0.25) is 4.57 Å². The number of nitrogens with one attached hydrogen (secondary N) is 1. The van der Waals surface area contributed by atoms with Crippen LogP contribution >= 0.6 is 24.0 Å². The molecular weight excluding hydrogens is 491 g/mol. The highest BCUT2D eigenvalue weighted by molar-refractivity contribution is 14.0. The third-order valence-electron chi connectivity index (χ3n) is 4.10. The molecule has 3 N–H and O–H groups in total. The molecule has 0 aliphatic rings. The predicted molar refractivity (Wildman–Crippen MR) is 129 cm³/mol. The number of para-hydroxylation sites is 1. The van der Waals surface area contributed by atoms with Crippen molar-refractivity contribution < 1.29 is 4.74 Å². The van der Waals surface area contributed by atoms with E-state index in [2.05, 4.69) is 20.3 Å². The Bertz CT molecular complexity index is 1100. The minimum Gasteiger partial charge on any atom is -0.457 e. The molecule has 0 spiro atoms. The van der Waals surface area contributed by atoms with Gasteiger partial charge in [0.15, 0.2) is 5.96 Å². The molecule has 7 nitrogen and oxygen atoms in total. The largest absolute Gasteiger partial charge is 0.457 e. The molecule has 4 aromatic rings. The lowest BCUT2D eigenvalue weighted by Gasteiger charge is -2.09. The van der Waals surface area contributed by atoms with Gasteiger partial charge in [0.1, 0.15) is 23.6 Å². The summed E-state index contributed by atoms with van der Waals surface area (Å²) in [6.45, 7) is 0.434. The number of nitrogens with two attached hydrogens (primary N) is 1. The number of rotatable bonds is 6. The summed E-state index contributed by atoms with van der Waals surface area (Å²) in [5, 5.41) is 3.10. The zero-order valence-corrected chi connectivity index (χ0v) is 18.4. The molecule has 2 aromatic carbocycles. The third kappa shape index (κ3) is 5.80. The molecule has 0 atom stereocenters.